The molecule has 5 heteroatoms. The summed E-state index contributed by atoms with van der Waals surface area (Å²) in [6.07, 6.45) is 4.02. The summed E-state index contributed by atoms with van der Waals surface area (Å²) in [5.41, 5.74) is 5.46. The zero-order chi connectivity index (χ0) is 14.3. The third kappa shape index (κ3) is 5.89. The van der Waals surface area contributed by atoms with Crippen molar-refractivity contribution in [2.45, 2.75) is 31.7 Å². The van der Waals surface area contributed by atoms with Crippen molar-refractivity contribution in [3.63, 3.8) is 0 Å². The lowest BCUT2D eigenvalue weighted by molar-refractivity contribution is -0.130. The number of rotatable bonds is 7. The molecule has 0 aromatic carbocycles. The largest absolute Gasteiger partial charge is 0.346 e. The highest BCUT2D eigenvalue weighted by Crippen LogP contribution is 2.14. The quantitative estimate of drug-likeness (QED) is 0.718. The van der Waals surface area contributed by atoms with Crippen LogP contribution in [0.2, 0.25) is 0 Å². The van der Waals surface area contributed by atoms with Crippen LogP contribution in [0.4, 0.5) is 0 Å². The predicted molar refractivity (Wildman–Crippen MR) is 79.1 cm³/mol. The van der Waals surface area contributed by atoms with Crippen LogP contribution >= 0.6 is 0 Å². The van der Waals surface area contributed by atoms with E-state index in [2.05, 4.69) is 23.9 Å². The fourth-order valence-electron chi connectivity index (χ4n) is 2.55. The fraction of sp³-hybridized carbons (Fsp3) is 0.929. The molecule has 1 heterocycles. The van der Waals surface area contributed by atoms with Gasteiger partial charge in [-0.1, -0.05) is 0 Å². The maximum absolute atomic E-state index is 12.0. The van der Waals surface area contributed by atoms with Gasteiger partial charge in [-0.2, -0.15) is 0 Å². The molecule has 1 rings (SSSR count). The van der Waals surface area contributed by atoms with Gasteiger partial charge in [-0.05, 0) is 46.4 Å². The van der Waals surface area contributed by atoms with Gasteiger partial charge >= 0.3 is 0 Å². The van der Waals surface area contributed by atoms with Gasteiger partial charge < -0.3 is 20.4 Å². The number of likely N-dealkylation sites (N-methyl/N-ethyl adjacent to an activating group) is 1. The predicted octanol–water partition coefficient (Wildman–Crippen LogP) is 0.210. The van der Waals surface area contributed by atoms with Gasteiger partial charge in [0.2, 0.25) is 5.91 Å². The Morgan fingerprint density at radius 3 is 2.74 bits per heavy atom. The van der Waals surface area contributed by atoms with E-state index in [0.29, 0.717) is 19.0 Å². The highest BCUT2D eigenvalue weighted by atomic mass is 16.2. The van der Waals surface area contributed by atoms with Crippen LogP contribution < -0.4 is 5.73 Å². The van der Waals surface area contributed by atoms with Crippen LogP contribution in [0.25, 0.3) is 0 Å². The minimum atomic E-state index is 0.237. The number of carbonyl (C=O) groups excluding carboxylic acids is 1. The maximum Gasteiger partial charge on any atom is 0.223 e. The van der Waals surface area contributed by atoms with E-state index < -0.39 is 0 Å². The second-order valence-corrected chi connectivity index (χ2v) is 5.77. The lowest BCUT2D eigenvalue weighted by atomic mass is 10.0. The molecule has 0 radical (unpaired) electrons. The van der Waals surface area contributed by atoms with Crippen molar-refractivity contribution in [1.82, 2.24) is 14.7 Å². The first-order valence-electron chi connectivity index (χ1n) is 7.37. The lowest BCUT2D eigenvalue weighted by Crippen LogP contribution is -2.46. The summed E-state index contributed by atoms with van der Waals surface area (Å²) in [6, 6.07) is 0.638. The molecule has 0 spiro atoms. The van der Waals surface area contributed by atoms with Crippen LogP contribution in [0.3, 0.4) is 0 Å². The van der Waals surface area contributed by atoms with Gasteiger partial charge in [0.25, 0.3) is 0 Å². The average Bonchev–Trinajstić information content (AvgIpc) is 2.42. The van der Waals surface area contributed by atoms with E-state index >= 15 is 0 Å². The molecule has 1 fully saturated rings. The number of carbonyl (C=O) groups is 1. The lowest BCUT2D eigenvalue weighted by Gasteiger charge is -2.36. The van der Waals surface area contributed by atoms with Crippen molar-refractivity contribution in [3.8, 4) is 0 Å². The van der Waals surface area contributed by atoms with Crippen LogP contribution in [0.5, 0.6) is 0 Å². The van der Waals surface area contributed by atoms with Crippen molar-refractivity contribution in [1.29, 1.82) is 0 Å². The van der Waals surface area contributed by atoms with Gasteiger partial charge in [-0.25, -0.2) is 0 Å². The topological polar surface area (TPSA) is 52.8 Å². The Morgan fingerprint density at radius 2 is 2.11 bits per heavy atom. The van der Waals surface area contributed by atoms with Crippen LogP contribution in [0.1, 0.15) is 25.7 Å². The number of hydrogen-bond acceptors (Lipinski definition) is 4. The smallest absolute Gasteiger partial charge is 0.223 e. The monoisotopic (exact) mass is 270 g/mol. The van der Waals surface area contributed by atoms with E-state index in [0.717, 1.165) is 32.6 Å². The number of nitrogens with zero attached hydrogens (tertiary/aromatic N) is 3. The van der Waals surface area contributed by atoms with Gasteiger partial charge in [0.1, 0.15) is 0 Å². The Hall–Kier alpha value is -0.650. The fourth-order valence-corrected chi connectivity index (χ4v) is 2.55. The zero-order valence-electron chi connectivity index (χ0n) is 12.8. The summed E-state index contributed by atoms with van der Waals surface area (Å²) >= 11 is 0. The highest BCUT2D eigenvalue weighted by molar-refractivity contribution is 5.76. The Morgan fingerprint density at radius 1 is 1.37 bits per heavy atom. The van der Waals surface area contributed by atoms with Crippen LogP contribution in [-0.2, 0) is 4.79 Å². The number of likely N-dealkylation sites (tertiary alicyclic amines) is 1. The molecule has 112 valence electrons. The zero-order valence-corrected chi connectivity index (χ0v) is 12.8. The summed E-state index contributed by atoms with van der Waals surface area (Å²) in [4.78, 5) is 18.5. The van der Waals surface area contributed by atoms with Crippen molar-refractivity contribution >= 4 is 5.91 Å². The third-order valence-electron chi connectivity index (χ3n) is 3.98. The molecule has 0 saturated carbocycles. The molecular formula is C14H30N4O. The second kappa shape index (κ2) is 8.51. The van der Waals surface area contributed by atoms with Crippen LogP contribution in [0.15, 0.2) is 0 Å². The molecular weight excluding hydrogens is 240 g/mol. The number of piperidine rings is 1. The summed E-state index contributed by atoms with van der Waals surface area (Å²) in [7, 11) is 6.15. The molecule has 0 aromatic rings. The first-order chi connectivity index (χ1) is 9.04. The van der Waals surface area contributed by atoms with Gasteiger partial charge in [0.15, 0.2) is 0 Å². The summed E-state index contributed by atoms with van der Waals surface area (Å²) in [5, 5.41) is 0. The molecule has 1 unspecified atom stereocenters. The molecule has 19 heavy (non-hydrogen) atoms. The molecule has 5 nitrogen and oxygen atoms in total. The molecule has 1 saturated heterocycles. The second-order valence-electron chi connectivity index (χ2n) is 5.77. The molecule has 1 aliphatic rings. The molecule has 2 N–H and O–H groups in total. The molecule has 0 aromatic heterocycles. The van der Waals surface area contributed by atoms with E-state index in [9.17, 15) is 4.79 Å². The minimum Gasteiger partial charge on any atom is -0.346 e. The molecule has 1 amide bonds. The van der Waals surface area contributed by atoms with Crippen molar-refractivity contribution in [2.75, 3.05) is 53.9 Å². The Kier molecular flexibility index (Phi) is 7.34. The van der Waals surface area contributed by atoms with Crippen molar-refractivity contribution in [2.24, 2.45) is 5.73 Å². The van der Waals surface area contributed by atoms with Gasteiger partial charge in [-0.3, -0.25) is 4.79 Å². The SMILES string of the molecule is CN(CCCN)C(=O)CCN1CCCC(N(C)C)C1. The summed E-state index contributed by atoms with van der Waals surface area (Å²) in [5.74, 6) is 0.237. The maximum atomic E-state index is 12.0. The average molecular weight is 270 g/mol. The van der Waals surface area contributed by atoms with Gasteiger partial charge in [0, 0.05) is 39.1 Å². The summed E-state index contributed by atoms with van der Waals surface area (Å²) < 4.78 is 0. The first-order valence-corrected chi connectivity index (χ1v) is 7.37. The molecule has 0 aliphatic carbocycles. The van der Waals surface area contributed by atoms with Crippen molar-refractivity contribution < 1.29 is 4.79 Å². The highest BCUT2D eigenvalue weighted by Gasteiger charge is 2.21. The number of hydrogen-bond donors (Lipinski definition) is 1. The Balaban J connectivity index is 2.25. The molecule has 1 atom stereocenters. The van der Waals surface area contributed by atoms with Crippen molar-refractivity contribution in [3.05, 3.63) is 0 Å². The Labute approximate surface area is 117 Å². The Bertz CT molecular complexity index is 270. The van der Waals surface area contributed by atoms with Crippen LogP contribution in [-0.4, -0.2) is 80.5 Å². The first kappa shape index (κ1) is 16.4. The van der Waals surface area contributed by atoms with E-state index in [-0.39, 0.29) is 5.91 Å². The van der Waals surface area contributed by atoms with E-state index in [4.69, 9.17) is 5.73 Å². The van der Waals surface area contributed by atoms with E-state index in [1.54, 1.807) is 4.90 Å². The van der Waals surface area contributed by atoms with Gasteiger partial charge in [0.05, 0.1) is 0 Å². The number of nitrogens with two attached hydrogens (primary N) is 1. The van der Waals surface area contributed by atoms with E-state index in [1.165, 1.54) is 12.8 Å². The van der Waals surface area contributed by atoms with Crippen LogP contribution in [0, 0.1) is 0 Å². The molecule has 1 aliphatic heterocycles. The standard InChI is InChI=1S/C14H30N4O/c1-16(2)13-6-4-10-18(12-13)11-7-14(19)17(3)9-5-8-15/h13H,4-12,15H2,1-3H3. The van der Waals surface area contributed by atoms with E-state index in [1.807, 2.05) is 7.05 Å². The molecule has 0 bridgehead atoms. The minimum absolute atomic E-state index is 0.237. The summed E-state index contributed by atoms with van der Waals surface area (Å²) in [6.45, 7) is 4.52. The normalized spacial score (nSPS) is 20.8. The van der Waals surface area contributed by atoms with Gasteiger partial charge in [-0.15, -0.1) is 0 Å². The third-order valence-corrected chi connectivity index (χ3v) is 3.98. The number of amides is 1.